The number of ether oxygens (including phenoxy) is 4. The van der Waals surface area contributed by atoms with Crippen molar-refractivity contribution in [3.8, 4) is 11.5 Å². The smallest absolute Gasteiger partial charge is 0.494 e. The molecule has 13 nitrogen and oxygen atoms in total. The van der Waals surface area contributed by atoms with Crippen LogP contribution >= 0.6 is 46.4 Å². The van der Waals surface area contributed by atoms with Gasteiger partial charge in [-0.25, -0.2) is 4.79 Å². The lowest BCUT2D eigenvalue weighted by atomic mass is 9.87. The van der Waals surface area contributed by atoms with Crippen LogP contribution in [0, 0.1) is 11.8 Å². The van der Waals surface area contributed by atoms with Gasteiger partial charge in [0.05, 0.1) is 56.1 Å². The molecule has 0 saturated carbocycles. The molecule has 4 aromatic rings. The van der Waals surface area contributed by atoms with Crippen LogP contribution in [0.2, 0.25) is 20.1 Å². The second-order valence-corrected chi connectivity index (χ2v) is 25.7. The molecule has 0 spiro atoms. The molecule has 2 saturated heterocycles. The highest BCUT2D eigenvalue weighted by atomic mass is 35.5. The minimum Gasteiger partial charge on any atom is -0.494 e. The molecule has 0 bridgehead atoms. The second kappa shape index (κ2) is 36.1. The fourth-order valence-corrected chi connectivity index (χ4v) is 13.5. The Morgan fingerprint density at radius 3 is 1.23 bits per heavy atom. The Balaban J connectivity index is 0.851. The van der Waals surface area contributed by atoms with E-state index in [0.717, 1.165) is 165 Å². The molecule has 472 valence electrons. The topological polar surface area (TPSA) is 108 Å². The SMILES string of the molecule is CCCCCCCCCCC1Cc2ccc(OCCCCN3CCN(c4cccc(Cl)c4Cl)CC3)cc2N(COC(=O)OCN2C(=O)C(CCCCCCCCCC)Cc3ccc(OCCCCN4CCN(c5cccc(Cl)c5Cl)CC4)cc32)C1=O. The first-order chi connectivity index (χ1) is 42.0. The number of carbonyl (C=O) groups excluding carboxylic acids is 3. The van der Waals surface area contributed by atoms with Crippen molar-refractivity contribution in [2.45, 2.75) is 168 Å². The average molecular weight is 1260 g/mol. The van der Waals surface area contributed by atoms with Crippen LogP contribution in [-0.2, 0) is 31.9 Å². The molecular weight excluding hydrogens is 1170 g/mol. The summed E-state index contributed by atoms with van der Waals surface area (Å²) < 4.78 is 24.4. The molecule has 86 heavy (non-hydrogen) atoms. The summed E-state index contributed by atoms with van der Waals surface area (Å²) in [5.74, 6) is 0.708. The summed E-state index contributed by atoms with van der Waals surface area (Å²) in [6, 6.07) is 23.5. The van der Waals surface area contributed by atoms with E-state index in [0.29, 0.717) is 69.0 Å². The molecule has 0 aliphatic carbocycles. The largest absolute Gasteiger partial charge is 0.511 e. The molecule has 0 N–H and O–H groups in total. The lowest BCUT2D eigenvalue weighted by molar-refractivity contribution is -0.124. The number of piperazine rings is 2. The van der Waals surface area contributed by atoms with Gasteiger partial charge in [-0.05, 0) is 112 Å². The summed E-state index contributed by atoms with van der Waals surface area (Å²) in [4.78, 5) is 55.5. The number of benzene rings is 4. The molecule has 2 atom stereocenters. The minimum atomic E-state index is -0.951. The molecule has 2 fully saturated rings. The molecule has 17 heteroatoms. The number of hydrogen-bond donors (Lipinski definition) is 0. The first-order valence-corrected chi connectivity index (χ1v) is 34.3. The maximum atomic E-state index is 14.5. The Morgan fingerprint density at radius 2 is 0.837 bits per heavy atom. The minimum absolute atomic E-state index is 0.0712. The van der Waals surface area contributed by atoms with Crippen molar-refractivity contribution in [1.82, 2.24) is 9.80 Å². The Labute approximate surface area is 534 Å². The van der Waals surface area contributed by atoms with Crippen molar-refractivity contribution in [2.24, 2.45) is 11.8 Å². The first-order valence-electron chi connectivity index (χ1n) is 32.8. The predicted octanol–water partition coefficient (Wildman–Crippen LogP) is 17.1. The summed E-state index contributed by atoms with van der Waals surface area (Å²) in [5, 5.41) is 2.37. The van der Waals surface area contributed by atoms with Gasteiger partial charge < -0.3 is 28.7 Å². The van der Waals surface area contributed by atoms with Crippen LogP contribution in [0.4, 0.5) is 27.5 Å². The fourth-order valence-electron chi connectivity index (χ4n) is 12.7. The van der Waals surface area contributed by atoms with E-state index in [4.69, 9.17) is 65.4 Å². The van der Waals surface area contributed by atoms with Crippen molar-refractivity contribution in [1.29, 1.82) is 0 Å². The molecule has 4 aromatic carbocycles. The van der Waals surface area contributed by atoms with Gasteiger partial charge in [-0.15, -0.1) is 0 Å². The van der Waals surface area contributed by atoms with Crippen LogP contribution in [0.3, 0.4) is 0 Å². The van der Waals surface area contributed by atoms with Crippen molar-refractivity contribution in [3.05, 3.63) is 104 Å². The van der Waals surface area contributed by atoms with Crippen molar-refractivity contribution < 1.29 is 33.3 Å². The standard InChI is InChI=1S/C69H96Cl4N6O7/c1-3-5-7-9-11-13-15-17-25-55-47-53-31-33-57(83-45-21-19-35-74-37-41-76(42-38-74)61-29-23-27-59(70)65(61)72)49-63(53)78(67(55)80)51-85-69(82)86-52-79-64-50-58(34-32-54(64)48-56(68(79)81)26-18-16-14-12-10-8-6-4-2)84-46-22-20-36-75-39-43-77(44-40-75)62-30-24-28-60(71)66(62)73/h23-24,27-34,49-50,55-56H,3-22,25-26,35-48,51-52H2,1-2H3. The zero-order chi connectivity index (χ0) is 60.5. The van der Waals surface area contributed by atoms with Crippen LogP contribution in [-0.4, -0.2) is 120 Å². The highest BCUT2D eigenvalue weighted by Crippen LogP contribution is 2.39. The molecule has 8 rings (SSSR count). The van der Waals surface area contributed by atoms with E-state index in [1.807, 2.05) is 60.7 Å². The first kappa shape index (κ1) is 67.3. The third-order valence-corrected chi connectivity index (χ3v) is 19.5. The normalized spacial score (nSPS) is 17.5. The molecule has 4 heterocycles. The van der Waals surface area contributed by atoms with Gasteiger partial charge in [-0.3, -0.25) is 29.2 Å². The van der Waals surface area contributed by atoms with Crippen LogP contribution < -0.4 is 29.1 Å². The van der Waals surface area contributed by atoms with Crippen molar-refractivity contribution >= 4 is 87.1 Å². The molecule has 2 unspecified atom stereocenters. The van der Waals surface area contributed by atoms with E-state index < -0.39 is 6.16 Å². The Kier molecular flexibility index (Phi) is 28.3. The van der Waals surface area contributed by atoms with E-state index in [-0.39, 0.29) is 37.1 Å². The predicted molar refractivity (Wildman–Crippen MR) is 354 cm³/mol. The maximum Gasteiger partial charge on any atom is 0.511 e. The van der Waals surface area contributed by atoms with E-state index in [2.05, 4.69) is 45.6 Å². The van der Waals surface area contributed by atoms with Crippen LogP contribution in [0.1, 0.15) is 166 Å². The summed E-state index contributed by atoms with van der Waals surface area (Å²) in [6.45, 7) is 14.2. The summed E-state index contributed by atoms with van der Waals surface area (Å²) in [5.41, 5.74) is 5.37. The molecule has 0 radical (unpaired) electrons. The van der Waals surface area contributed by atoms with Gasteiger partial charge in [0.2, 0.25) is 11.8 Å². The number of carbonyl (C=O) groups is 3. The highest BCUT2D eigenvalue weighted by molar-refractivity contribution is 6.44. The summed E-state index contributed by atoms with van der Waals surface area (Å²) >= 11 is 25.7. The van der Waals surface area contributed by atoms with E-state index in [1.165, 1.54) is 64.2 Å². The Morgan fingerprint density at radius 1 is 0.453 bits per heavy atom. The monoisotopic (exact) mass is 1260 g/mol. The number of amides is 2. The van der Waals surface area contributed by atoms with Crippen LogP contribution in [0.15, 0.2) is 72.8 Å². The number of unbranched alkanes of at least 4 members (excludes halogenated alkanes) is 16. The quantitative estimate of drug-likeness (QED) is 0.0321. The zero-order valence-corrected chi connectivity index (χ0v) is 54.5. The van der Waals surface area contributed by atoms with Gasteiger partial charge in [-0.1, -0.05) is 187 Å². The van der Waals surface area contributed by atoms with Gasteiger partial charge in [0.1, 0.15) is 11.5 Å². The highest BCUT2D eigenvalue weighted by Gasteiger charge is 2.36. The Hall–Kier alpha value is -4.63. The lowest BCUT2D eigenvalue weighted by Crippen LogP contribution is -2.46. The number of hydrogen-bond acceptors (Lipinski definition) is 11. The summed E-state index contributed by atoms with van der Waals surface area (Å²) in [7, 11) is 0. The van der Waals surface area contributed by atoms with Crippen molar-refractivity contribution in [2.75, 3.05) is 112 Å². The third-order valence-electron chi connectivity index (χ3n) is 17.9. The average Bonchev–Trinajstić information content (AvgIpc) is 1.36. The molecule has 4 aliphatic rings. The van der Waals surface area contributed by atoms with Gasteiger partial charge in [0.15, 0.2) is 13.5 Å². The zero-order valence-electron chi connectivity index (χ0n) is 51.5. The van der Waals surface area contributed by atoms with Gasteiger partial charge in [-0.2, -0.15) is 0 Å². The molecule has 4 aliphatic heterocycles. The maximum absolute atomic E-state index is 14.5. The lowest BCUT2D eigenvalue weighted by Gasteiger charge is -2.36. The van der Waals surface area contributed by atoms with E-state index in [1.54, 1.807) is 9.80 Å². The van der Waals surface area contributed by atoms with Crippen LogP contribution in [0.5, 0.6) is 11.5 Å². The van der Waals surface area contributed by atoms with Crippen LogP contribution in [0.25, 0.3) is 0 Å². The third kappa shape index (κ3) is 20.2. The molecule has 2 amide bonds. The van der Waals surface area contributed by atoms with E-state index >= 15 is 0 Å². The number of anilines is 4. The summed E-state index contributed by atoms with van der Waals surface area (Å²) in [6.07, 6.45) is 24.5. The number of halogens is 4. The molecule has 0 aromatic heterocycles. The second-order valence-electron chi connectivity index (χ2n) is 24.2. The fraction of sp³-hybridized carbons (Fsp3) is 0.609. The number of nitrogens with zero attached hydrogens (tertiary/aromatic N) is 6. The van der Waals surface area contributed by atoms with Gasteiger partial charge >= 0.3 is 6.16 Å². The van der Waals surface area contributed by atoms with E-state index in [9.17, 15) is 14.4 Å². The number of fused-ring (bicyclic) bond motifs is 2. The number of rotatable bonds is 36. The molecular formula is C69H96Cl4N6O7. The van der Waals surface area contributed by atoms with Gasteiger partial charge in [0.25, 0.3) is 0 Å². The van der Waals surface area contributed by atoms with Gasteiger partial charge in [0, 0.05) is 76.3 Å². The Bertz CT molecular complexity index is 2560. The van der Waals surface area contributed by atoms with Crippen molar-refractivity contribution in [3.63, 3.8) is 0 Å².